The first kappa shape index (κ1) is 16.6. The van der Waals surface area contributed by atoms with Crippen molar-refractivity contribution in [1.29, 1.82) is 0 Å². The molecule has 1 amide bonds. The Morgan fingerprint density at radius 3 is 3.00 bits per heavy atom. The number of likely N-dealkylation sites (tertiary alicyclic amines) is 1. The van der Waals surface area contributed by atoms with E-state index >= 15 is 0 Å². The van der Waals surface area contributed by atoms with Gasteiger partial charge >= 0.3 is 5.69 Å². The highest BCUT2D eigenvalue weighted by molar-refractivity contribution is 6.01. The third-order valence-corrected chi connectivity index (χ3v) is 5.06. The number of pyridine rings is 1. The van der Waals surface area contributed by atoms with Crippen LogP contribution in [0.4, 0.5) is 0 Å². The van der Waals surface area contributed by atoms with Crippen LogP contribution in [0.15, 0.2) is 23.3 Å². The number of aromatic amines is 2. The molecule has 8 nitrogen and oxygen atoms in total. The quantitative estimate of drug-likeness (QED) is 0.744. The van der Waals surface area contributed by atoms with Crippen molar-refractivity contribution < 1.29 is 9.59 Å². The second-order valence-corrected chi connectivity index (χ2v) is 6.90. The van der Waals surface area contributed by atoms with Gasteiger partial charge in [-0.3, -0.25) is 9.36 Å². The lowest BCUT2D eigenvalue weighted by Crippen LogP contribution is -2.42. The highest BCUT2D eigenvalue weighted by Crippen LogP contribution is 2.28. The van der Waals surface area contributed by atoms with Gasteiger partial charge in [0.25, 0.3) is 0 Å². The van der Waals surface area contributed by atoms with E-state index in [0.717, 1.165) is 29.4 Å². The number of hydrogen-bond donors (Lipinski definition) is 2. The van der Waals surface area contributed by atoms with E-state index in [9.17, 15) is 14.4 Å². The summed E-state index contributed by atoms with van der Waals surface area (Å²) < 4.78 is 1.76. The number of imidazole rings is 1. The van der Waals surface area contributed by atoms with Crippen molar-refractivity contribution in [3.8, 4) is 0 Å². The van der Waals surface area contributed by atoms with Crippen LogP contribution in [0.1, 0.15) is 38.6 Å². The number of nitrogens with one attached hydrogen (secondary N) is 2. The summed E-state index contributed by atoms with van der Waals surface area (Å²) in [6.07, 6.45) is 5.62. The summed E-state index contributed by atoms with van der Waals surface area (Å²) in [6.45, 7) is 2.65. The molecule has 0 aromatic carbocycles. The summed E-state index contributed by atoms with van der Waals surface area (Å²) in [5, 5.41) is 0.890. The molecule has 3 aromatic rings. The number of hydrogen-bond acceptors (Lipinski definition) is 4. The minimum Gasteiger partial charge on any atom is -0.346 e. The van der Waals surface area contributed by atoms with Crippen LogP contribution in [0.25, 0.3) is 22.1 Å². The van der Waals surface area contributed by atoms with Crippen LogP contribution >= 0.6 is 0 Å². The molecule has 1 aliphatic rings. The number of amides is 1. The maximum absolute atomic E-state index is 12.6. The Hall–Kier alpha value is -2.90. The van der Waals surface area contributed by atoms with Gasteiger partial charge in [0, 0.05) is 37.5 Å². The summed E-state index contributed by atoms with van der Waals surface area (Å²) in [6, 6.07) is 1.82. The van der Waals surface area contributed by atoms with E-state index in [-0.39, 0.29) is 36.3 Å². The molecule has 3 aromatic heterocycles. The first-order valence-corrected chi connectivity index (χ1v) is 8.88. The molecule has 0 spiro atoms. The van der Waals surface area contributed by atoms with Gasteiger partial charge in [-0.05, 0) is 25.8 Å². The molecule has 26 heavy (non-hydrogen) atoms. The number of Topliss-reactive ketones (excluding diaryl/α,β-unsaturated/α-hetero) is 1. The predicted molar refractivity (Wildman–Crippen MR) is 97.0 cm³/mol. The average molecular weight is 355 g/mol. The fourth-order valence-corrected chi connectivity index (χ4v) is 3.80. The number of nitrogens with zero attached hydrogens (tertiary/aromatic N) is 3. The van der Waals surface area contributed by atoms with E-state index < -0.39 is 0 Å². The highest BCUT2D eigenvalue weighted by atomic mass is 16.2. The number of carbonyl (C=O) groups excluding carboxylic acids is 2. The molecule has 1 aliphatic heterocycles. The van der Waals surface area contributed by atoms with Gasteiger partial charge in [0.05, 0.1) is 23.3 Å². The van der Waals surface area contributed by atoms with Gasteiger partial charge in [0.15, 0.2) is 0 Å². The molecule has 2 N–H and O–H groups in total. The van der Waals surface area contributed by atoms with E-state index in [0.29, 0.717) is 18.6 Å². The van der Waals surface area contributed by atoms with Crippen molar-refractivity contribution in [2.75, 3.05) is 13.1 Å². The van der Waals surface area contributed by atoms with Crippen molar-refractivity contribution >= 4 is 33.8 Å². The Kier molecular flexibility index (Phi) is 4.10. The SMILES string of the molecule is CC(=O)CCC(=O)N1CCC[C@@H](n2c(=O)[nH]c3cnc4[nH]ccc4c32)C1. The van der Waals surface area contributed by atoms with Crippen LogP contribution in [0, 0.1) is 0 Å². The zero-order chi connectivity index (χ0) is 18.3. The monoisotopic (exact) mass is 355 g/mol. The maximum Gasteiger partial charge on any atom is 0.326 e. The van der Waals surface area contributed by atoms with Crippen molar-refractivity contribution in [1.82, 2.24) is 24.4 Å². The number of ketones is 1. The lowest BCUT2D eigenvalue weighted by molar-refractivity contribution is -0.134. The fourth-order valence-electron chi connectivity index (χ4n) is 3.80. The number of carbonyl (C=O) groups is 2. The van der Waals surface area contributed by atoms with E-state index in [4.69, 9.17) is 0 Å². The second-order valence-electron chi connectivity index (χ2n) is 6.90. The number of fused-ring (bicyclic) bond motifs is 3. The standard InChI is InChI=1S/C18H21N5O3/c1-11(24)4-5-15(25)22-8-2-3-12(10-22)23-16-13-6-7-19-17(13)20-9-14(16)21-18(23)26/h6-7,9,12H,2-5,8,10H2,1H3,(H,19,20)(H,21,26)/t12-/m1/s1. The zero-order valence-electron chi connectivity index (χ0n) is 14.6. The lowest BCUT2D eigenvalue weighted by atomic mass is 10.0. The summed E-state index contributed by atoms with van der Waals surface area (Å²) in [7, 11) is 0. The molecular formula is C18H21N5O3. The number of H-pyrrole nitrogens is 2. The molecule has 4 heterocycles. The van der Waals surface area contributed by atoms with Crippen LogP contribution in [-0.2, 0) is 9.59 Å². The van der Waals surface area contributed by atoms with Gasteiger partial charge in [-0.1, -0.05) is 0 Å². The molecule has 8 heteroatoms. The third-order valence-electron chi connectivity index (χ3n) is 5.06. The first-order chi connectivity index (χ1) is 12.5. The molecule has 0 aliphatic carbocycles. The zero-order valence-corrected chi connectivity index (χ0v) is 14.6. The normalized spacial score (nSPS) is 17.9. The molecule has 0 radical (unpaired) electrons. The van der Waals surface area contributed by atoms with Crippen molar-refractivity contribution in [3.05, 3.63) is 28.9 Å². The van der Waals surface area contributed by atoms with Crippen LogP contribution in [0.2, 0.25) is 0 Å². The Morgan fingerprint density at radius 2 is 2.19 bits per heavy atom. The number of aromatic nitrogens is 4. The third kappa shape index (κ3) is 2.81. The molecule has 1 fully saturated rings. The Balaban J connectivity index is 1.68. The summed E-state index contributed by atoms with van der Waals surface area (Å²) in [5.41, 5.74) is 2.07. The Labute approximate surface area is 149 Å². The van der Waals surface area contributed by atoms with Gasteiger partial charge in [-0.15, -0.1) is 0 Å². The molecule has 1 saturated heterocycles. The Bertz CT molecular complexity index is 1040. The molecule has 136 valence electrons. The summed E-state index contributed by atoms with van der Waals surface area (Å²) >= 11 is 0. The first-order valence-electron chi connectivity index (χ1n) is 8.88. The van der Waals surface area contributed by atoms with Gasteiger partial charge in [-0.2, -0.15) is 0 Å². The van der Waals surface area contributed by atoms with Crippen molar-refractivity contribution in [2.45, 2.75) is 38.6 Å². The Morgan fingerprint density at radius 1 is 1.35 bits per heavy atom. The van der Waals surface area contributed by atoms with Gasteiger partial charge < -0.3 is 19.7 Å². The largest absolute Gasteiger partial charge is 0.346 e. The van der Waals surface area contributed by atoms with E-state index in [1.54, 1.807) is 21.9 Å². The summed E-state index contributed by atoms with van der Waals surface area (Å²) in [4.78, 5) is 48.2. The van der Waals surface area contributed by atoms with Crippen LogP contribution in [-0.4, -0.2) is 49.2 Å². The van der Waals surface area contributed by atoms with Crippen LogP contribution < -0.4 is 5.69 Å². The van der Waals surface area contributed by atoms with Crippen molar-refractivity contribution in [3.63, 3.8) is 0 Å². The van der Waals surface area contributed by atoms with Crippen molar-refractivity contribution in [2.24, 2.45) is 0 Å². The van der Waals surface area contributed by atoms with E-state index in [2.05, 4.69) is 15.0 Å². The average Bonchev–Trinajstić information content (AvgIpc) is 3.22. The fraction of sp³-hybridized carbons (Fsp3) is 0.444. The topological polar surface area (TPSA) is 104 Å². The minimum absolute atomic E-state index is 0.0158. The van der Waals surface area contributed by atoms with Crippen LogP contribution in [0.5, 0.6) is 0 Å². The smallest absolute Gasteiger partial charge is 0.326 e. The molecule has 0 saturated carbocycles. The summed E-state index contributed by atoms with van der Waals surface area (Å²) in [5.74, 6) is -0.00615. The lowest BCUT2D eigenvalue weighted by Gasteiger charge is -2.33. The molecule has 1 atom stereocenters. The number of piperidine rings is 1. The van der Waals surface area contributed by atoms with Gasteiger partial charge in [0.1, 0.15) is 11.4 Å². The highest BCUT2D eigenvalue weighted by Gasteiger charge is 2.27. The minimum atomic E-state index is -0.182. The van der Waals surface area contributed by atoms with Crippen LogP contribution in [0.3, 0.4) is 0 Å². The van der Waals surface area contributed by atoms with Gasteiger partial charge in [-0.25, -0.2) is 9.78 Å². The van der Waals surface area contributed by atoms with Gasteiger partial charge in [0.2, 0.25) is 5.91 Å². The molecule has 0 bridgehead atoms. The van der Waals surface area contributed by atoms with E-state index in [1.807, 2.05) is 6.07 Å². The number of rotatable bonds is 4. The molecule has 4 rings (SSSR count). The molecular weight excluding hydrogens is 334 g/mol. The van der Waals surface area contributed by atoms with E-state index in [1.165, 1.54) is 6.92 Å². The maximum atomic E-state index is 12.6. The molecule has 0 unspecified atom stereocenters. The predicted octanol–water partition coefficient (Wildman–Crippen LogP) is 1.74. The second kappa shape index (κ2) is 6.44.